The van der Waals surface area contributed by atoms with Crippen LogP contribution in [0.15, 0.2) is 376 Å². The molecule has 0 N–H and O–H groups in total. The zero-order valence-corrected chi connectivity index (χ0v) is 69.8. The Balaban J connectivity index is 0.0000000964. The van der Waals surface area contributed by atoms with Crippen LogP contribution < -0.4 is 0 Å². The van der Waals surface area contributed by atoms with Crippen molar-refractivity contribution in [2.45, 2.75) is 40.8 Å². The number of fused-ring (bicyclic) bond motifs is 14. The Hall–Kier alpha value is -15.6. The van der Waals surface area contributed by atoms with Crippen LogP contribution in [0.2, 0.25) is 0 Å². The number of aryl methyl sites for hydroxylation is 6. The highest BCUT2D eigenvalue weighted by atomic mass is 15.1. The van der Waals surface area contributed by atoms with Gasteiger partial charge in [0.25, 0.3) is 0 Å². The lowest BCUT2D eigenvalue weighted by Gasteiger charge is -2.16. The van der Waals surface area contributed by atoms with E-state index in [1.165, 1.54) is 196 Å². The maximum absolute atomic E-state index is 5.10. The molecule has 8 nitrogen and oxygen atoms in total. The lowest BCUT2D eigenvalue weighted by atomic mass is 9.87. The molecule has 0 unspecified atom stereocenters. The van der Waals surface area contributed by atoms with Gasteiger partial charge in [-0.15, -0.1) is 0 Å². The Morgan fingerprint density at radius 1 is 0.202 bits per heavy atom. The Kier molecular flexibility index (Phi) is 17.6. The van der Waals surface area contributed by atoms with Crippen molar-refractivity contribution in [3.63, 3.8) is 0 Å². The summed E-state index contributed by atoms with van der Waals surface area (Å²) in [6, 6.07) is 136. The van der Waals surface area contributed by atoms with Gasteiger partial charge in [0.1, 0.15) is 23.3 Å². The van der Waals surface area contributed by atoms with Gasteiger partial charge in [-0.25, -0.2) is 19.9 Å². The van der Waals surface area contributed by atoms with Crippen LogP contribution in [-0.4, -0.2) is 38.2 Å². The van der Waals surface area contributed by atoms with Gasteiger partial charge in [-0.2, -0.15) is 0 Å². The molecule has 0 radical (unpaired) electrons. The highest BCUT2D eigenvalue weighted by molar-refractivity contribution is 6.34. The van der Waals surface area contributed by atoms with Gasteiger partial charge in [0.05, 0.1) is 44.1 Å². The van der Waals surface area contributed by atoms with E-state index >= 15 is 0 Å². The first kappa shape index (κ1) is 73.5. The van der Waals surface area contributed by atoms with E-state index in [0.29, 0.717) is 0 Å². The number of benzene rings is 22. The molecule has 0 bridgehead atoms. The third kappa shape index (κ3) is 12.0. The zero-order chi connectivity index (χ0) is 83.0. The fourth-order valence-corrected chi connectivity index (χ4v) is 20.1. The Morgan fingerprint density at radius 2 is 0.532 bits per heavy atom. The molecule has 0 aliphatic heterocycles. The van der Waals surface area contributed by atoms with Crippen LogP contribution >= 0.6 is 0 Å². The van der Waals surface area contributed by atoms with Crippen molar-refractivity contribution in [1.29, 1.82) is 0 Å². The minimum Gasteiger partial charge on any atom is -0.331 e. The second-order valence-electron chi connectivity index (χ2n) is 33.0. The predicted octanol–water partition coefficient (Wildman–Crippen LogP) is 30.6. The van der Waals surface area contributed by atoms with Crippen LogP contribution in [-0.2, 0) is 27.2 Å². The number of nitrogens with zero attached hydrogens (tertiary/aromatic N) is 8. The van der Waals surface area contributed by atoms with Crippen molar-refractivity contribution in [2.24, 2.45) is 14.1 Å². The standard InChI is InChI=1S/C35H24N2.C31H22N2.C27H20N2.C23H18N2/c1-2-37-32-20-17-24(21-31(32)36-35(37)23-9-4-3-5-10-23)25-18-19-30-28-14-7-12-22-11-6-13-27(33(22)28)29-16-8-15-26(25)34(29)30;1-2-33-28-18-15-24(19-27(28)32-31(33)23-7-4-3-5-8-23)25-16-13-22-12-11-20-9-6-10-21-14-17-26(25)30(22)29(20)21;1-17-28-26-15-19(12-14-27(26)29(17)2)24-16-25-20-8-4-3-7-18(20)11-13-23(25)21-9-5-6-10-22(21)24;1-15-24-22-14-17(11-12-23(22)25(15)2)21-13-16-7-3-4-8-18(16)19-9-5-6-10-20(19)21/h3-21H,2H2,1H3;3-19H,2H2,1H3;3-16H,1-2H3;3-14H,1-2H3. The predicted molar refractivity (Wildman–Crippen MR) is 527 cm³/mol. The molecule has 0 spiro atoms. The van der Waals surface area contributed by atoms with Gasteiger partial charge < -0.3 is 18.3 Å². The summed E-state index contributed by atoms with van der Waals surface area (Å²) < 4.78 is 8.89. The summed E-state index contributed by atoms with van der Waals surface area (Å²) in [5, 5.41) is 31.4. The van der Waals surface area contributed by atoms with Crippen LogP contribution in [0.25, 0.3) is 241 Å². The number of hydrogen-bond donors (Lipinski definition) is 0. The van der Waals surface area contributed by atoms with Crippen molar-refractivity contribution in [1.82, 2.24) is 38.2 Å². The first-order chi connectivity index (χ1) is 61.1. The van der Waals surface area contributed by atoms with E-state index in [-0.39, 0.29) is 0 Å². The zero-order valence-electron chi connectivity index (χ0n) is 69.8. The van der Waals surface area contributed by atoms with Gasteiger partial charge in [0.15, 0.2) is 0 Å². The van der Waals surface area contributed by atoms with Crippen molar-refractivity contribution in [3.8, 4) is 67.3 Å². The van der Waals surface area contributed by atoms with E-state index < -0.39 is 0 Å². The number of imidazole rings is 4. The summed E-state index contributed by atoms with van der Waals surface area (Å²) in [5.41, 5.74) is 21.0. The molecule has 26 aromatic rings. The topological polar surface area (TPSA) is 71.3 Å². The highest BCUT2D eigenvalue weighted by Crippen LogP contribution is 2.47. The normalized spacial score (nSPS) is 11.9. The lowest BCUT2D eigenvalue weighted by molar-refractivity contribution is 0.796. The third-order valence-electron chi connectivity index (χ3n) is 26.2. The highest BCUT2D eigenvalue weighted by Gasteiger charge is 2.22. The largest absolute Gasteiger partial charge is 0.331 e. The van der Waals surface area contributed by atoms with Crippen LogP contribution in [0.4, 0.5) is 0 Å². The summed E-state index contributed by atoms with van der Waals surface area (Å²) in [6.45, 7) is 10.2. The van der Waals surface area contributed by atoms with Crippen LogP contribution in [0, 0.1) is 13.8 Å². The molecule has 0 aliphatic carbocycles. The minimum absolute atomic E-state index is 0.881. The summed E-state index contributed by atoms with van der Waals surface area (Å²) >= 11 is 0. The second kappa shape index (κ2) is 29.7. The molecular weight excluding hydrogens is 1510 g/mol. The Labute approximate surface area is 716 Å². The van der Waals surface area contributed by atoms with Crippen molar-refractivity contribution >= 4 is 173 Å². The first-order valence-corrected chi connectivity index (χ1v) is 43.0. The number of hydrogen-bond acceptors (Lipinski definition) is 4. The second-order valence-corrected chi connectivity index (χ2v) is 33.0. The van der Waals surface area contributed by atoms with Crippen LogP contribution in [0.3, 0.4) is 0 Å². The molecule has 4 heterocycles. The van der Waals surface area contributed by atoms with Crippen LogP contribution in [0.5, 0.6) is 0 Å². The van der Waals surface area contributed by atoms with E-state index in [9.17, 15) is 0 Å². The Morgan fingerprint density at radius 3 is 1.08 bits per heavy atom. The smallest absolute Gasteiger partial charge is 0.141 e. The van der Waals surface area contributed by atoms with Gasteiger partial charge in [-0.1, -0.05) is 315 Å². The van der Waals surface area contributed by atoms with Gasteiger partial charge >= 0.3 is 0 Å². The number of aromatic nitrogens is 8. The fraction of sp³-hybridized carbons (Fsp3) is 0.0690. The van der Waals surface area contributed by atoms with Gasteiger partial charge in [0.2, 0.25) is 0 Å². The summed E-state index contributed by atoms with van der Waals surface area (Å²) in [7, 11) is 4.14. The average molecular weight is 1590 g/mol. The maximum Gasteiger partial charge on any atom is 0.141 e. The third-order valence-corrected chi connectivity index (χ3v) is 26.2. The van der Waals surface area contributed by atoms with Crippen molar-refractivity contribution < 1.29 is 0 Å². The molecule has 0 saturated heterocycles. The molecule has 0 saturated carbocycles. The molecule has 8 heteroatoms. The quantitative estimate of drug-likeness (QED) is 0.112. The van der Waals surface area contributed by atoms with Crippen molar-refractivity contribution in [2.75, 3.05) is 0 Å². The summed E-state index contributed by atoms with van der Waals surface area (Å²) in [4.78, 5) is 19.6. The van der Waals surface area contributed by atoms with E-state index in [4.69, 9.17) is 19.9 Å². The molecule has 4 aromatic heterocycles. The molecule has 0 aliphatic rings. The molecule has 0 amide bonds. The molecule has 22 aromatic carbocycles. The van der Waals surface area contributed by atoms with Crippen LogP contribution in [0.1, 0.15) is 25.5 Å². The minimum atomic E-state index is 0.881. The monoisotopic (exact) mass is 1590 g/mol. The average Bonchev–Trinajstić information content (AvgIpc) is 0.817. The Bertz CT molecular complexity index is 8700. The van der Waals surface area contributed by atoms with E-state index in [0.717, 1.165) is 69.6 Å². The summed E-state index contributed by atoms with van der Waals surface area (Å²) in [5.74, 6) is 4.12. The summed E-state index contributed by atoms with van der Waals surface area (Å²) in [6.07, 6.45) is 0. The first-order valence-electron chi connectivity index (χ1n) is 43.0. The van der Waals surface area contributed by atoms with Crippen molar-refractivity contribution in [3.05, 3.63) is 388 Å². The molecular formula is C116H84N8. The van der Waals surface area contributed by atoms with E-state index in [1.54, 1.807) is 0 Å². The molecule has 588 valence electrons. The fourth-order valence-electron chi connectivity index (χ4n) is 20.1. The van der Waals surface area contributed by atoms with Gasteiger partial charge in [-0.3, -0.25) is 0 Å². The number of rotatable bonds is 8. The van der Waals surface area contributed by atoms with Gasteiger partial charge in [0, 0.05) is 38.3 Å². The lowest BCUT2D eigenvalue weighted by Crippen LogP contribution is -1.97. The maximum atomic E-state index is 5.10. The van der Waals surface area contributed by atoms with E-state index in [2.05, 4.69) is 429 Å². The SMILES string of the molecule is CCn1c(-c2ccccc2)nc2cc(-c3ccc4c5cccc6cccc(c7cccc3c74)c65)ccc21.CCn1c(-c2ccccc2)nc2cc(-c3ccc4ccc5cccc6ccc3c4c56)ccc21.Cc1nc2cc(-c3cc4c5ccccc5ccc4c4ccccc34)ccc2n1C.Cc1nc2cc(-c3cc4ccccc4c4ccccc34)ccc2n1C. The van der Waals surface area contributed by atoms with E-state index in [1.807, 2.05) is 6.92 Å². The molecule has 26 rings (SSSR count). The van der Waals surface area contributed by atoms with Gasteiger partial charge in [-0.05, 0) is 262 Å². The molecule has 0 fully saturated rings. The molecule has 124 heavy (non-hydrogen) atoms. The molecule has 0 atom stereocenters.